The first kappa shape index (κ1) is 41.6. The number of rotatable bonds is 12. The van der Waals surface area contributed by atoms with Crippen LogP contribution in [0.1, 0.15) is 130 Å². The highest BCUT2D eigenvalue weighted by Crippen LogP contribution is 2.67. The number of hydrogen-bond acceptors (Lipinski definition) is 6. The largest absolute Gasteiger partial charge is 0.489 e. The Hall–Kier alpha value is -3.51. The molecule has 0 amide bonds. The van der Waals surface area contributed by atoms with Gasteiger partial charge in [0.05, 0.1) is 6.61 Å². The summed E-state index contributed by atoms with van der Waals surface area (Å²) in [5.74, 6) is 5.36. The van der Waals surface area contributed by atoms with Crippen molar-refractivity contribution in [3.05, 3.63) is 83.0 Å². The summed E-state index contributed by atoms with van der Waals surface area (Å²) in [4.78, 5) is 13.0. The number of allylic oxidation sites excluding steroid dienone is 3. The molecule has 0 heterocycles. The zero-order valence-corrected chi connectivity index (χ0v) is 34.6. The van der Waals surface area contributed by atoms with Gasteiger partial charge in [0.25, 0.3) is 0 Å². The molecule has 3 fully saturated rings. The van der Waals surface area contributed by atoms with E-state index in [4.69, 9.17) is 20.9 Å². The third kappa shape index (κ3) is 8.96. The predicted octanol–water partition coefficient (Wildman–Crippen LogP) is 11.3. The summed E-state index contributed by atoms with van der Waals surface area (Å²) in [5, 5.41) is 10.0. The molecule has 0 aromatic heterocycles. The Morgan fingerprint density at radius 3 is 2.39 bits per heavy atom. The summed E-state index contributed by atoms with van der Waals surface area (Å²) < 4.78 is 12.0. The number of carbonyl (C=O) groups is 1. The molecule has 3 saturated carbocycles. The molecule has 5 N–H and O–H groups in total. The van der Waals surface area contributed by atoms with Gasteiger partial charge in [-0.2, -0.15) is 0 Å². The van der Waals surface area contributed by atoms with Crippen LogP contribution in [0.3, 0.4) is 0 Å². The van der Waals surface area contributed by atoms with E-state index in [1.807, 2.05) is 44.2 Å². The summed E-state index contributed by atoms with van der Waals surface area (Å²) in [7, 11) is 0. The van der Waals surface area contributed by atoms with E-state index in [0.29, 0.717) is 45.9 Å². The molecule has 4 aliphatic carbocycles. The summed E-state index contributed by atoms with van der Waals surface area (Å²) >= 11 is 0. The summed E-state index contributed by atoms with van der Waals surface area (Å²) in [5.41, 5.74) is 17.4. The average Bonchev–Trinajstić information content (AvgIpc) is 3.51. The van der Waals surface area contributed by atoms with Gasteiger partial charge in [-0.3, -0.25) is 0 Å². The smallest absolute Gasteiger partial charge is 0.331 e. The molecule has 54 heavy (non-hydrogen) atoms. The first-order chi connectivity index (χ1) is 25.8. The number of aliphatic hydroxyl groups is 1. The van der Waals surface area contributed by atoms with Crippen molar-refractivity contribution in [1.82, 2.24) is 0 Å². The molecule has 6 rings (SSSR count). The van der Waals surface area contributed by atoms with Crippen molar-refractivity contribution in [2.75, 3.05) is 11.5 Å². The van der Waals surface area contributed by atoms with Crippen molar-refractivity contribution in [2.45, 2.75) is 132 Å². The molecule has 0 radical (unpaired) electrons. The van der Waals surface area contributed by atoms with Gasteiger partial charge < -0.3 is 26.0 Å². The maximum absolute atomic E-state index is 13.0. The van der Waals surface area contributed by atoms with E-state index in [9.17, 15) is 9.90 Å². The van der Waals surface area contributed by atoms with Crippen molar-refractivity contribution in [1.29, 1.82) is 0 Å². The Bertz CT molecular complexity index is 1660. The second-order valence-electron chi connectivity index (χ2n) is 17.5. The van der Waals surface area contributed by atoms with Crippen LogP contribution in [0, 0.1) is 52.3 Å². The van der Waals surface area contributed by atoms with Crippen LogP contribution >= 0.6 is 0 Å². The summed E-state index contributed by atoms with van der Waals surface area (Å²) in [6.07, 6.45) is 21.5. The lowest BCUT2D eigenvalue weighted by atomic mass is 9.47. The van der Waals surface area contributed by atoms with Crippen LogP contribution in [0.5, 0.6) is 5.75 Å². The molecule has 6 nitrogen and oxygen atoms in total. The number of nitrogen functional groups attached to an aromatic ring is 2. The lowest BCUT2D eigenvalue weighted by molar-refractivity contribution is -0.145. The first-order valence-corrected chi connectivity index (χ1v) is 21.1. The standard InChI is InChI=1S/C46H64N2O4.C2H6/c1-7-33(29(2)3)11-8-30(4)40-14-15-41-39-13-12-35-25-38(18-20-45(35,5)42(39)19-21-46(40,41)6)52-44(50)17-10-31-9-16-43(34(22-31)27-49)51-28-32-23-36(47)26-37(48)24-32;1-2/h8-12,16-17,22-24,26,29-30,33,38-42,49H,7,13-15,18-21,25,27-28,47-48H2,1-6H3;1-2H3/b11-8+,17-10+;. The maximum Gasteiger partial charge on any atom is 0.331 e. The molecule has 6 heteroatoms. The van der Waals surface area contributed by atoms with Crippen LogP contribution in [0.25, 0.3) is 6.08 Å². The minimum Gasteiger partial charge on any atom is -0.489 e. The fourth-order valence-electron chi connectivity index (χ4n) is 11.2. The lowest BCUT2D eigenvalue weighted by Crippen LogP contribution is -2.51. The van der Waals surface area contributed by atoms with Crippen LogP contribution in [-0.4, -0.2) is 17.2 Å². The van der Waals surface area contributed by atoms with Crippen molar-refractivity contribution < 1.29 is 19.4 Å². The van der Waals surface area contributed by atoms with Gasteiger partial charge in [-0.25, -0.2) is 4.79 Å². The van der Waals surface area contributed by atoms with Gasteiger partial charge in [-0.15, -0.1) is 0 Å². The molecule has 0 bridgehead atoms. The van der Waals surface area contributed by atoms with Crippen LogP contribution in [-0.2, 0) is 22.7 Å². The second-order valence-corrected chi connectivity index (χ2v) is 17.5. The molecule has 296 valence electrons. The second kappa shape index (κ2) is 18.0. The number of carbonyl (C=O) groups excluding carboxylic acids is 1. The Balaban J connectivity index is 0.00000276. The molecule has 2 aromatic carbocycles. The van der Waals surface area contributed by atoms with Crippen molar-refractivity contribution in [3.8, 4) is 5.75 Å². The van der Waals surface area contributed by atoms with Gasteiger partial charge in [0.2, 0.25) is 0 Å². The first-order valence-electron chi connectivity index (χ1n) is 21.1. The molecule has 4 aliphatic rings. The molecule has 9 atom stereocenters. The van der Waals surface area contributed by atoms with Gasteiger partial charge in [0, 0.05) is 29.4 Å². The third-order valence-corrected chi connectivity index (χ3v) is 14.1. The van der Waals surface area contributed by atoms with E-state index in [1.54, 1.807) is 12.1 Å². The highest BCUT2D eigenvalue weighted by Gasteiger charge is 2.59. The summed E-state index contributed by atoms with van der Waals surface area (Å²) in [6.45, 7) is 18.8. The number of aliphatic hydroxyl groups excluding tert-OH is 1. The van der Waals surface area contributed by atoms with Gasteiger partial charge in [-0.1, -0.05) is 85.3 Å². The Labute approximate surface area is 326 Å². The monoisotopic (exact) mass is 739 g/mol. The van der Waals surface area contributed by atoms with E-state index in [1.165, 1.54) is 50.2 Å². The number of esters is 1. The minimum absolute atomic E-state index is 0.0898. The molecule has 9 unspecified atom stereocenters. The quantitative estimate of drug-likeness (QED) is 0.0866. The van der Waals surface area contributed by atoms with Gasteiger partial charge in [0.1, 0.15) is 18.5 Å². The van der Waals surface area contributed by atoms with Crippen LogP contribution in [0.2, 0.25) is 0 Å². The summed E-state index contributed by atoms with van der Waals surface area (Å²) in [6, 6.07) is 10.8. The number of hydrogen-bond donors (Lipinski definition) is 3. The lowest BCUT2D eigenvalue weighted by Gasteiger charge is -2.58. The molecular formula is C48H70N2O4. The minimum atomic E-state index is -0.319. The third-order valence-electron chi connectivity index (χ3n) is 14.1. The van der Waals surface area contributed by atoms with Gasteiger partial charge in [-0.05, 0) is 151 Å². The maximum atomic E-state index is 13.0. The topological polar surface area (TPSA) is 108 Å². The zero-order valence-electron chi connectivity index (χ0n) is 34.6. The molecule has 0 saturated heterocycles. The highest BCUT2D eigenvalue weighted by atomic mass is 16.5. The van der Waals surface area contributed by atoms with Gasteiger partial charge in [0.15, 0.2) is 0 Å². The normalized spacial score (nSPS) is 30.1. The van der Waals surface area contributed by atoms with E-state index >= 15 is 0 Å². The van der Waals surface area contributed by atoms with Crippen LogP contribution in [0.15, 0.2) is 66.3 Å². The highest BCUT2D eigenvalue weighted by molar-refractivity contribution is 5.87. The van der Waals surface area contributed by atoms with E-state index in [-0.39, 0.29) is 30.7 Å². The zero-order chi connectivity index (χ0) is 39.2. The number of ether oxygens (including phenoxy) is 2. The molecule has 0 aliphatic heterocycles. The number of benzene rings is 2. The number of anilines is 2. The van der Waals surface area contributed by atoms with E-state index < -0.39 is 0 Å². The Morgan fingerprint density at radius 1 is 0.963 bits per heavy atom. The molecule has 2 aromatic rings. The molecule has 0 spiro atoms. The Kier molecular flexibility index (Phi) is 13.9. The SMILES string of the molecule is CC.CCC(/C=C/C(C)C1CCC2C3CC=C4CC(OC(=O)/C=C/c5ccc(OCc6cc(N)cc(N)c6)c(CO)c5)CCC4(C)C3CCC12C)C(C)C. The number of nitrogens with two attached hydrogens (primary N) is 2. The predicted molar refractivity (Wildman–Crippen MR) is 224 cm³/mol. The molecular weight excluding hydrogens is 669 g/mol. The van der Waals surface area contributed by atoms with E-state index in [2.05, 4.69) is 59.8 Å². The number of fused-ring (bicyclic) bond motifs is 5. The fraction of sp³-hybridized carbons (Fsp3) is 0.604. The van der Waals surface area contributed by atoms with Crippen molar-refractivity contribution in [3.63, 3.8) is 0 Å². The average molecular weight is 739 g/mol. The van der Waals surface area contributed by atoms with Gasteiger partial charge >= 0.3 is 5.97 Å². The van der Waals surface area contributed by atoms with Crippen molar-refractivity contribution >= 4 is 23.4 Å². The van der Waals surface area contributed by atoms with E-state index in [0.717, 1.165) is 54.1 Å². The fourth-order valence-corrected chi connectivity index (χ4v) is 11.2. The van der Waals surface area contributed by atoms with Crippen LogP contribution < -0.4 is 16.2 Å². The van der Waals surface area contributed by atoms with Crippen LogP contribution in [0.4, 0.5) is 11.4 Å². The Morgan fingerprint density at radius 2 is 1.70 bits per heavy atom. The van der Waals surface area contributed by atoms with Crippen molar-refractivity contribution in [2.24, 2.45) is 52.3 Å².